The van der Waals surface area contributed by atoms with Crippen molar-refractivity contribution >= 4 is 5.91 Å². The first-order chi connectivity index (χ1) is 12.8. The Morgan fingerprint density at radius 2 is 2.08 bits per heavy atom. The van der Waals surface area contributed by atoms with Gasteiger partial charge < -0.3 is 4.90 Å². The largest absolute Gasteiger partial charge is 0.338 e. The standard InChI is InChI=1S/C19H26N6O/c26-19(18-14-17(22-23-18)15-5-9-20-10-6-15)25-12-2-1-4-16(25)7-13-24-11-3-8-21-24/h3,5-6,8-11,16-18,22-23H,1-2,4,7,12-14H2. The lowest BCUT2D eigenvalue weighted by atomic mass is 9.96. The van der Waals surface area contributed by atoms with Crippen molar-refractivity contribution in [2.75, 3.05) is 6.54 Å². The van der Waals surface area contributed by atoms with Crippen LogP contribution in [0.15, 0.2) is 43.0 Å². The van der Waals surface area contributed by atoms with Crippen molar-refractivity contribution in [1.82, 2.24) is 30.5 Å². The maximum Gasteiger partial charge on any atom is 0.241 e. The molecule has 26 heavy (non-hydrogen) atoms. The molecule has 3 unspecified atom stereocenters. The average Bonchev–Trinajstić information content (AvgIpc) is 3.39. The summed E-state index contributed by atoms with van der Waals surface area (Å²) < 4.78 is 1.95. The zero-order valence-corrected chi connectivity index (χ0v) is 14.9. The molecule has 0 saturated carbocycles. The van der Waals surface area contributed by atoms with Crippen LogP contribution >= 0.6 is 0 Å². The molecule has 0 spiro atoms. The van der Waals surface area contributed by atoms with Crippen LogP contribution in [0, 0.1) is 0 Å². The van der Waals surface area contributed by atoms with Crippen LogP contribution in [0.2, 0.25) is 0 Å². The van der Waals surface area contributed by atoms with E-state index in [1.165, 1.54) is 6.42 Å². The number of aromatic nitrogens is 3. The molecular formula is C19H26N6O. The maximum absolute atomic E-state index is 13.1. The molecule has 7 nitrogen and oxygen atoms in total. The van der Waals surface area contributed by atoms with Crippen molar-refractivity contribution in [2.45, 2.75) is 56.8 Å². The molecule has 2 aliphatic rings. The lowest BCUT2D eigenvalue weighted by Gasteiger charge is -2.37. The molecule has 2 saturated heterocycles. The van der Waals surface area contributed by atoms with Crippen LogP contribution in [0.5, 0.6) is 0 Å². The Labute approximate surface area is 153 Å². The van der Waals surface area contributed by atoms with E-state index in [2.05, 4.69) is 25.8 Å². The zero-order chi connectivity index (χ0) is 17.8. The number of hydrogen-bond donors (Lipinski definition) is 2. The normalized spacial score (nSPS) is 26.2. The predicted molar refractivity (Wildman–Crippen MR) is 97.9 cm³/mol. The van der Waals surface area contributed by atoms with E-state index < -0.39 is 0 Å². The molecule has 4 heterocycles. The summed E-state index contributed by atoms with van der Waals surface area (Å²) in [6.45, 7) is 1.72. The minimum Gasteiger partial charge on any atom is -0.338 e. The first-order valence-corrected chi connectivity index (χ1v) is 9.50. The van der Waals surface area contributed by atoms with Gasteiger partial charge in [-0.25, -0.2) is 10.9 Å². The molecule has 2 fully saturated rings. The van der Waals surface area contributed by atoms with Crippen LogP contribution in [0.4, 0.5) is 0 Å². The molecule has 2 aromatic rings. The van der Waals surface area contributed by atoms with Gasteiger partial charge in [-0.3, -0.25) is 14.5 Å². The van der Waals surface area contributed by atoms with Crippen molar-refractivity contribution in [3.05, 3.63) is 48.5 Å². The van der Waals surface area contributed by atoms with Gasteiger partial charge in [-0.2, -0.15) is 5.10 Å². The SMILES string of the molecule is O=C(C1CC(c2ccncc2)NN1)N1CCCCC1CCn1cccn1. The second-order valence-electron chi connectivity index (χ2n) is 7.15. The van der Waals surface area contributed by atoms with Gasteiger partial charge >= 0.3 is 0 Å². The minimum atomic E-state index is -0.168. The van der Waals surface area contributed by atoms with E-state index in [1.54, 1.807) is 18.6 Å². The molecule has 0 aliphatic carbocycles. The van der Waals surface area contributed by atoms with Crippen molar-refractivity contribution in [1.29, 1.82) is 0 Å². The van der Waals surface area contributed by atoms with Gasteiger partial charge in [-0.1, -0.05) is 0 Å². The van der Waals surface area contributed by atoms with Crippen molar-refractivity contribution in [2.24, 2.45) is 0 Å². The summed E-state index contributed by atoms with van der Waals surface area (Å²) in [6, 6.07) is 6.23. The van der Waals surface area contributed by atoms with Crippen molar-refractivity contribution in [3.63, 3.8) is 0 Å². The fourth-order valence-corrected chi connectivity index (χ4v) is 4.04. The zero-order valence-electron chi connectivity index (χ0n) is 14.9. The number of pyridine rings is 1. The Morgan fingerprint density at radius 1 is 1.19 bits per heavy atom. The molecule has 1 amide bonds. The molecule has 0 radical (unpaired) electrons. The van der Waals surface area contributed by atoms with Gasteiger partial charge in [0.1, 0.15) is 6.04 Å². The van der Waals surface area contributed by atoms with E-state index in [4.69, 9.17) is 0 Å². The number of likely N-dealkylation sites (tertiary alicyclic amines) is 1. The van der Waals surface area contributed by atoms with Gasteiger partial charge in [0.25, 0.3) is 0 Å². The first-order valence-electron chi connectivity index (χ1n) is 9.50. The van der Waals surface area contributed by atoms with Gasteiger partial charge in [0.05, 0.1) is 0 Å². The quantitative estimate of drug-likeness (QED) is 0.854. The highest BCUT2D eigenvalue weighted by atomic mass is 16.2. The molecule has 2 aliphatic heterocycles. The number of piperidine rings is 1. The molecule has 2 aromatic heterocycles. The molecule has 138 valence electrons. The van der Waals surface area contributed by atoms with E-state index >= 15 is 0 Å². The predicted octanol–water partition coefficient (Wildman–Crippen LogP) is 1.66. The van der Waals surface area contributed by atoms with Gasteiger partial charge in [0, 0.05) is 50.0 Å². The third-order valence-corrected chi connectivity index (χ3v) is 5.47. The summed E-state index contributed by atoms with van der Waals surface area (Å²) in [7, 11) is 0. The second-order valence-corrected chi connectivity index (χ2v) is 7.15. The number of nitrogens with zero attached hydrogens (tertiary/aromatic N) is 4. The molecule has 2 N–H and O–H groups in total. The maximum atomic E-state index is 13.1. The Hall–Kier alpha value is -2.25. The van der Waals surface area contributed by atoms with Crippen LogP contribution < -0.4 is 10.9 Å². The number of hydrazine groups is 1. The molecule has 4 rings (SSSR count). The van der Waals surface area contributed by atoms with Crippen molar-refractivity contribution < 1.29 is 4.79 Å². The highest BCUT2D eigenvalue weighted by Crippen LogP contribution is 2.26. The molecule has 0 aromatic carbocycles. The highest BCUT2D eigenvalue weighted by Gasteiger charge is 2.36. The Balaban J connectivity index is 1.37. The highest BCUT2D eigenvalue weighted by molar-refractivity contribution is 5.82. The topological polar surface area (TPSA) is 75.1 Å². The van der Waals surface area contributed by atoms with E-state index in [0.717, 1.165) is 44.3 Å². The van der Waals surface area contributed by atoms with E-state index in [9.17, 15) is 4.79 Å². The van der Waals surface area contributed by atoms with Crippen LogP contribution in [-0.4, -0.2) is 44.2 Å². The van der Waals surface area contributed by atoms with Crippen LogP contribution in [-0.2, 0) is 11.3 Å². The number of carbonyl (C=O) groups is 1. The number of nitrogens with one attached hydrogen (secondary N) is 2. The number of amides is 1. The Bertz CT molecular complexity index is 704. The van der Waals surface area contributed by atoms with Gasteiger partial charge in [0.15, 0.2) is 0 Å². The summed E-state index contributed by atoms with van der Waals surface area (Å²) in [4.78, 5) is 19.3. The summed E-state index contributed by atoms with van der Waals surface area (Å²) in [5.41, 5.74) is 7.65. The van der Waals surface area contributed by atoms with Gasteiger partial charge in [-0.15, -0.1) is 0 Å². The Morgan fingerprint density at radius 3 is 2.88 bits per heavy atom. The van der Waals surface area contributed by atoms with E-state index in [0.29, 0.717) is 6.04 Å². The third kappa shape index (κ3) is 3.78. The number of carbonyl (C=O) groups excluding carboxylic acids is 1. The molecule has 3 atom stereocenters. The van der Waals surface area contributed by atoms with Crippen LogP contribution in [0.1, 0.15) is 43.7 Å². The summed E-state index contributed by atoms with van der Waals surface area (Å²) in [5, 5.41) is 4.28. The monoisotopic (exact) mass is 354 g/mol. The van der Waals surface area contributed by atoms with Gasteiger partial charge in [-0.05, 0) is 55.9 Å². The lowest BCUT2D eigenvalue weighted by Crippen LogP contribution is -2.51. The molecular weight excluding hydrogens is 328 g/mol. The smallest absolute Gasteiger partial charge is 0.241 e. The molecule has 0 bridgehead atoms. The number of aryl methyl sites for hydroxylation is 1. The number of hydrogen-bond acceptors (Lipinski definition) is 5. The lowest BCUT2D eigenvalue weighted by molar-refractivity contribution is -0.137. The fraction of sp³-hybridized carbons (Fsp3) is 0.526. The number of rotatable bonds is 5. The second kappa shape index (κ2) is 7.97. The van der Waals surface area contributed by atoms with Crippen LogP contribution in [0.25, 0.3) is 0 Å². The third-order valence-electron chi connectivity index (χ3n) is 5.47. The Kier molecular flexibility index (Phi) is 5.26. The molecule has 7 heteroatoms. The fourth-order valence-electron chi connectivity index (χ4n) is 4.04. The summed E-state index contributed by atoms with van der Waals surface area (Å²) in [6.07, 6.45) is 12.5. The first kappa shape index (κ1) is 17.2. The average molecular weight is 354 g/mol. The summed E-state index contributed by atoms with van der Waals surface area (Å²) >= 11 is 0. The van der Waals surface area contributed by atoms with Crippen molar-refractivity contribution in [3.8, 4) is 0 Å². The minimum absolute atomic E-state index is 0.152. The van der Waals surface area contributed by atoms with E-state index in [-0.39, 0.29) is 18.0 Å². The van der Waals surface area contributed by atoms with E-state index in [1.807, 2.05) is 29.1 Å². The van der Waals surface area contributed by atoms with Gasteiger partial charge in [0.2, 0.25) is 5.91 Å². The van der Waals surface area contributed by atoms with Crippen LogP contribution in [0.3, 0.4) is 0 Å². The summed E-state index contributed by atoms with van der Waals surface area (Å²) in [5.74, 6) is 0.222.